The van der Waals surface area contributed by atoms with Crippen molar-refractivity contribution in [2.45, 2.75) is 6.18 Å². The molecule has 24 heavy (non-hydrogen) atoms. The number of anilines is 1. The molecule has 1 heterocycles. The number of imide groups is 1. The van der Waals surface area contributed by atoms with Crippen molar-refractivity contribution in [2.75, 3.05) is 18.5 Å². The van der Waals surface area contributed by atoms with Gasteiger partial charge in [-0.25, -0.2) is 4.79 Å². The Bertz CT molecular complexity index is 742. The molecule has 0 atom stereocenters. The minimum Gasteiger partial charge on any atom is -0.478 e. The van der Waals surface area contributed by atoms with Crippen molar-refractivity contribution in [3.05, 3.63) is 41.1 Å². The van der Waals surface area contributed by atoms with Crippen LogP contribution in [0.25, 0.3) is 0 Å². The molecule has 0 aromatic heterocycles. The van der Waals surface area contributed by atoms with Gasteiger partial charge in [0.25, 0.3) is 11.8 Å². The zero-order valence-corrected chi connectivity index (χ0v) is 11.9. The van der Waals surface area contributed by atoms with Crippen LogP contribution in [0.3, 0.4) is 0 Å². The lowest BCUT2D eigenvalue weighted by Crippen LogP contribution is -2.34. The van der Waals surface area contributed by atoms with Crippen LogP contribution < -0.4 is 5.32 Å². The summed E-state index contributed by atoms with van der Waals surface area (Å²) >= 11 is 0. The fourth-order valence-corrected chi connectivity index (χ4v) is 2.18. The third-order valence-electron chi connectivity index (χ3n) is 3.19. The Labute approximate surface area is 133 Å². The van der Waals surface area contributed by atoms with Crippen molar-refractivity contribution in [3.8, 4) is 0 Å². The SMILES string of the molecule is O=C(O)c1c(NC2=CC(=O)N(CCO)C2=O)cccc1C(F)(F)F. The summed E-state index contributed by atoms with van der Waals surface area (Å²) in [5, 5.41) is 20.1. The second-order valence-electron chi connectivity index (χ2n) is 4.73. The van der Waals surface area contributed by atoms with E-state index in [-0.39, 0.29) is 12.2 Å². The number of nitrogens with one attached hydrogen (secondary N) is 1. The molecule has 1 aromatic rings. The van der Waals surface area contributed by atoms with Crippen LogP contribution in [0.2, 0.25) is 0 Å². The van der Waals surface area contributed by atoms with Crippen LogP contribution in [-0.2, 0) is 15.8 Å². The lowest BCUT2D eigenvalue weighted by atomic mass is 10.0. The van der Waals surface area contributed by atoms with Crippen molar-refractivity contribution in [1.82, 2.24) is 4.90 Å². The van der Waals surface area contributed by atoms with E-state index in [1.165, 1.54) is 0 Å². The quantitative estimate of drug-likeness (QED) is 0.690. The van der Waals surface area contributed by atoms with Crippen LogP contribution in [0.5, 0.6) is 0 Å². The molecule has 2 rings (SSSR count). The summed E-state index contributed by atoms with van der Waals surface area (Å²) in [7, 11) is 0. The largest absolute Gasteiger partial charge is 0.478 e. The number of carboxylic acids is 1. The number of alkyl halides is 3. The van der Waals surface area contributed by atoms with Crippen LogP contribution in [-0.4, -0.2) is 46.0 Å². The van der Waals surface area contributed by atoms with E-state index in [9.17, 15) is 27.6 Å². The van der Waals surface area contributed by atoms with Gasteiger partial charge in [0.15, 0.2) is 0 Å². The first kappa shape index (κ1) is 17.5. The molecule has 7 nitrogen and oxygen atoms in total. The molecule has 0 radical (unpaired) electrons. The van der Waals surface area contributed by atoms with Gasteiger partial charge in [-0.2, -0.15) is 13.2 Å². The van der Waals surface area contributed by atoms with E-state index in [1.807, 2.05) is 0 Å². The summed E-state index contributed by atoms with van der Waals surface area (Å²) in [6.45, 7) is -0.768. The monoisotopic (exact) mass is 344 g/mol. The molecular weight excluding hydrogens is 333 g/mol. The number of carbonyl (C=O) groups excluding carboxylic acids is 2. The Kier molecular flexibility index (Phi) is 4.60. The minimum absolute atomic E-state index is 0.284. The molecule has 1 aliphatic rings. The molecule has 0 saturated heterocycles. The van der Waals surface area contributed by atoms with Crippen molar-refractivity contribution in [2.24, 2.45) is 0 Å². The fourth-order valence-electron chi connectivity index (χ4n) is 2.18. The van der Waals surface area contributed by atoms with E-state index in [0.29, 0.717) is 11.0 Å². The standard InChI is InChI=1S/C14H11F3N2O5/c15-14(16,17)7-2-1-3-8(11(7)13(23)24)18-9-6-10(21)19(4-5-20)12(9)22/h1-3,6,18,20H,4-5H2,(H,23,24). The Hall–Kier alpha value is -2.88. The summed E-state index contributed by atoms with van der Waals surface area (Å²) in [4.78, 5) is 35.5. The van der Waals surface area contributed by atoms with Gasteiger partial charge in [0, 0.05) is 6.08 Å². The number of halogens is 3. The molecule has 3 N–H and O–H groups in total. The lowest BCUT2D eigenvalue weighted by molar-refractivity contribution is -0.138. The van der Waals surface area contributed by atoms with E-state index in [2.05, 4.69) is 5.32 Å². The molecule has 0 bridgehead atoms. The summed E-state index contributed by atoms with van der Waals surface area (Å²) in [6, 6.07) is 2.62. The maximum Gasteiger partial charge on any atom is 0.417 e. The zero-order valence-electron chi connectivity index (χ0n) is 11.9. The molecule has 128 valence electrons. The average molecular weight is 344 g/mol. The van der Waals surface area contributed by atoms with Crippen LogP contribution in [0, 0.1) is 0 Å². The van der Waals surface area contributed by atoms with Gasteiger partial charge in [0.05, 0.1) is 30.0 Å². The third kappa shape index (κ3) is 3.23. The summed E-state index contributed by atoms with van der Waals surface area (Å²) in [6.07, 6.45) is -4.08. The Morgan fingerprint density at radius 3 is 2.46 bits per heavy atom. The highest BCUT2D eigenvalue weighted by molar-refractivity contribution is 6.17. The van der Waals surface area contributed by atoms with Crippen LogP contribution in [0.1, 0.15) is 15.9 Å². The summed E-state index contributed by atoms with van der Waals surface area (Å²) in [5.41, 5.74) is -3.30. The van der Waals surface area contributed by atoms with Crippen molar-refractivity contribution >= 4 is 23.5 Å². The van der Waals surface area contributed by atoms with Crippen molar-refractivity contribution in [3.63, 3.8) is 0 Å². The molecule has 1 aliphatic heterocycles. The van der Waals surface area contributed by atoms with Gasteiger partial charge >= 0.3 is 12.1 Å². The molecular formula is C14H11F3N2O5. The molecule has 0 aliphatic carbocycles. The number of aromatic carboxylic acids is 1. The highest BCUT2D eigenvalue weighted by Gasteiger charge is 2.37. The smallest absolute Gasteiger partial charge is 0.417 e. The molecule has 2 amide bonds. The maximum atomic E-state index is 12.9. The lowest BCUT2D eigenvalue weighted by Gasteiger charge is -2.16. The van der Waals surface area contributed by atoms with Gasteiger partial charge in [-0.15, -0.1) is 0 Å². The summed E-state index contributed by atoms with van der Waals surface area (Å²) < 4.78 is 38.8. The first-order valence-electron chi connectivity index (χ1n) is 6.55. The highest BCUT2D eigenvalue weighted by atomic mass is 19.4. The summed E-state index contributed by atoms with van der Waals surface area (Å²) in [5.74, 6) is -3.47. The van der Waals surface area contributed by atoms with E-state index in [0.717, 1.165) is 18.2 Å². The van der Waals surface area contributed by atoms with Crippen molar-refractivity contribution < 1.29 is 37.8 Å². The first-order valence-corrected chi connectivity index (χ1v) is 6.55. The Morgan fingerprint density at radius 1 is 1.25 bits per heavy atom. The minimum atomic E-state index is -4.90. The van der Waals surface area contributed by atoms with Gasteiger partial charge < -0.3 is 15.5 Å². The second-order valence-corrected chi connectivity index (χ2v) is 4.73. The Balaban J connectivity index is 2.41. The highest BCUT2D eigenvalue weighted by Crippen LogP contribution is 2.35. The number of aliphatic hydroxyl groups excluding tert-OH is 1. The number of hydrogen-bond donors (Lipinski definition) is 3. The van der Waals surface area contributed by atoms with E-state index in [4.69, 9.17) is 10.2 Å². The van der Waals surface area contributed by atoms with Gasteiger partial charge in [-0.3, -0.25) is 14.5 Å². The molecule has 0 spiro atoms. The number of carboxylic acid groups (broad SMARTS) is 1. The number of rotatable bonds is 5. The predicted octanol–water partition coefficient (Wildman–Crippen LogP) is 1.06. The second kappa shape index (κ2) is 6.32. The Morgan fingerprint density at radius 2 is 1.92 bits per heavy atom. The fraction of sp³-hybridized carbons (Fsp3) is 0.214. The third-order valence-corrected chi connectivity index (χ3v) is 3.19. The topological polar surface area (TPSA) is 107 Å². The number of aliphatic hydroxyl groups is 1. The van der Waals surface area contributed by atoms with Gasteiger partial charge in [0.1, 0.15) is 5.70 Å². The van der Waals surface area contributed by atoms with Crippen molar-refractivity contribution in [1.29, 1.82) is 0 Å². The molecule has 1 aromatic carbocycles. The molecule has 10 heteroatoms. The number of amides is 2. The molecule has 0 saturated carbocycles. The van der Waals surface area contributed by atoms with E-state index >= 15 is 0 Å². The van der Waals surface area contributed by atoms with Crippen LogP contribution in [0.4, 0.5) is 18.9 Å². The first-order chi connectivity index (χ1) is 11.2. The van der Waals surface area contributed by atoms with Crippen LogP contribution >= 0.6 is 0 Å². The van der Waals surface area contributed by atoms with Gasteiger partial charge in [-0.05, 0) is 12.1 Å². The number of benzene rings is 1. The molecule has 0 unspecified atom stereocenters. The molecule has 0 fully saturated rings. The number of nitrogens with zero attached hydrogens (tertiary/aromatic N) is 1. The number of carbonyl (C=O) groups is 3. The predicted molar refractivity (Wildman–Crippen MR) is 73.9 cm³/mol. The number of hydrogen-bond acceptors (Lipinski definition) is 5. The maximum absolute atomic E-state index is 12.9. The van der Waals surface area contributed by atoms with E-state index in [1.54, 1.807) is 0 Å². The van der Waals surface area contributed by atoms with E-state index < -0.39 is 47.4 Å². The average Bonchev–Trinajstić information content (AvgIpc) is 2.74. The number of β-amino-alcohol motifs (C(OH)–C–C–N with tert-alkyl or cyclic N) is 1. The van der Waals surface area contributed by atoms with Crippen LogP contribution in [0.15, 0.2) is 30.0 Å². The van der Waals surface area contributed by atoms with Gasteiger partial charge in [0.2, 0.25) is 0 Å². The zero-order chi connectivity index (χ0) is 18.1. The normalized spacial score (nSPS) is 14.8. The van der Waals surface area contributed by atoms with Gasteiger partial charge in [-0.1, -0.05) is 6.07 Å².